The third kappa shape index (κ3) is 3.49. The number of aromatic nitrogens is 1. The fourth-order valence-electron chi connectivity index (χ4n) is 2.90. The predicted octanol–water partition coefficient (Wildman–Crippen LogP) is 1.65. The molecule has 1 saturated carbocycles. The van der Waals surface area contributed by atoms with Crippen LogP contribution in [0.3, 0.4) is 0 Å². The van der Waals surface area contributed by atoms with Gasteiger partial charge in [0.25, 0.3) is 0 Å². The van der Waals surface area contributed by atoms with Gasteiger partial charge < -0.3 is 15.7 Å². The van der Waals surface area contributed by atoms with Gasteiger partial charge in [-0.2, -0.15) is 4.37 Å². The molecule has 2 rings (SSSR count). The van der Waals surface area contributed by atoms with Gasteiger partial charge in [0.2, 0.25) is 0 Å². The van der Waals surface area contributed by atoms with E-state index < -0.39 is 9.84 Å². The van der Waals surface area contributed by atoms with E-state index in [4.69, 9.17) is 5.73 Å². The molecule has 0 unspecified atom stereocenters. The van der Waals surface area contributed by atoms with Gasteiger partial charge >= 0.3 is 0 Å². The van der Waals surface area contributed by atoms with Crippen LogP contribution in [-0.4, -0.2) is 42.8 Å². The second-order valence-electron chi connectivity index (χ2n) is 5.38. The van der Waals surface area contributed by atoms with E-state index in [1.165, 1.54) is 0 Å². The van der Waals surface area contributed by atoms with Gasteiger partial charge in [-0.05, 0) is 30.8 Å². The lowest BCUT2D eigenvalue weighted by Gasteiger charge is -2.29. The molecule has 1 aliphatic rings. The van der Waals surface area contributed by atoms with E-state index in [0.717, 1.165) is 37.2 Å². The minimum absolute atomic E-state index is 0.0123. The molecule has 0 amide bonds. The Kier molecular flexibility index (Phi) is 5.45. The molecule has 1 aromatic heterocycles. The summed E-state index contributed by atoms with van der Waals surface area (Å²) in [5, 5.41) is 9.92. The number of hydrogen-bond donors (Lipinski definition) is 2. The van der Waals surface area contributed by atoms with E-state index in [1.807, 2.05) is 11.8 Å². The summed E-state index contributed by atoms with van der Waals surface area (Å²) in [5.41, 5.74) is 5.82. The monoisotopic (exact) mass is 333 g/mol. The first kappa shape index (κ1) is 16.5. The van der Waals surface area contributed by atoms with Crippen molar-refractivity contribution in [3.05, 3.63) is 0 Å². The average Bonchev–Trinajstić information content (AvgIpc) is 3.05. The van der Waals surface area contributed by atoms with Crippen LogP contribution in [0.1, 0.15) is 39.0 Å². The van der Waals surface area contributed by atoms with Crippen LogP contribution in [0.2, 0.25) is 0 Å². The molecule has 8 heteroatoms. The number of aliphatic hydroxyl groups is 1. The van der Waals surface area contributed by atoms with Crippen LogP contribution < -0.4 is 10.6 Å². The van der Waals surface area contributed by atoms with Crippen molar-refractivity contribution >= 4 is 32.2 Å². The summed E-state index contributed by atoms with van der Waals surface area (Å²) in [5.74, 6) is 0.157. The fraction of sp³-hybridized carbons (Fsp3) is 0.769. The largest absolute Gasteiger partial charge is 0.395 e. The number of hydrogen-bond acceptors (Lipinski definition) is 7. The van der Waals surface area contributed by atoms with Crippen molar-refractivity contribution in [2.45, 2.75) is 50.0 Å². The number of nitrogens with zero attached hydrogens (tertiary/aromatic N) is 2. The van der Waals surface area contributed by atoms with Crippen molar-refractivity contribution in [2.24, 2.45) is 0 Å². The standard InChI is InChI=1S/C13H23N3O3S2/c1-2-9-21(18,19)11-12(14)15-20-13(11)16(7-8-17)10-5-3-4-6-10/h10,17H,2-9H2,1H3,(H2,14,15). The van der Waals surface area contributed by atoms with Crippen LogP contribution in [0, 0.1) is 0 Å². The summed E-state index contributed by atoms with van der Waals surface area (Å²) < 4.78 is 29.0. The SMILES string of the molecule is CCCS(=O)(=O)c1c(N)nsc1N(CCO)C1CCCC1. The van der Waals surface area contributed by atoms with Crippen LogP contribution in [0.25, 0.3) is 0 Å². The second kappa shape index (κ2) is 6.93. The highest BCUT2D eigenvalue weighted by molar-refractivity contribution is 7.91. The van der Waals surface area contributed by atoms with Crippen LogP contribution in [-0.2, 0) is 9.84 Å². The van der Waals surface area contributed by atoms with Gasteiger partial charge in [0, 0.05) is 12.6 Å². The molecular weight excluding hydrogens is 310 g/mol. The van der Waals surface area contributed by atoms with Gasteiger partial charge in [-0.25, -0.2) is 8.42 Å². The summed E-state index contributed by atoms with van der Waals surface area (Å²) in [6.07, 6.45) is 4.85. The molecule has 1 fully saturated rings. The minimum atomic E-state index is -3.42. The molecule has 0 aliphatic heterocycles. The topological polar surface area (TPSA) is 96.5 Å². The first-order valence-corrected chi connectivity index (χ1v) is 9.79. The average molecular weight is 333 g/mol. The van der Waals surface area contributed by atoms with Crippen molar-refractivity contribution in [2.75, 3.05) is 29.5 Å². The van der Waals surface area contributed by atoms with Crippen molar-refractivity contribution in [3.8, 4) is 0 Å². The van der Waals surface area contributed by atoms with E-state index in [0.29, 0.717) is 18.0 Å². The summed E-state index contributed by atoms with van der Waals surface area (Å²) in [6, 6.07) is 0.271. The van der Waals surface area contributed by atoms with E-state index in [2.05, 4.69) is 4.37 Å². The Morgan fingerprint density at radius 1 is 1.43 bits per heavy atom. The smallest absolute Gasteiger partial charge is 0.185 e. The lowest BCUT2D eigenvalue weighted by Crippen LogP contribution is -2.36. The number of nitrogen functional groups attached to an aromatic ring is 1. The van der Waals surface area contributed by atoms with Gasteiger partial charge in [-0.3, -0.25) is 0 Å². The van der Waals surface area contributed by atoms with Crippen LogP contribution in [0.4, 0.5) is 10.8 Å². The Balaban J connectivity index is 2.41. The van der Waals surface area contributed by atoms with Crippen LogP contribution >= 0.6 is 11.5 Å². The van der Waals surface area contributed by atoms with Gasteiger partial charge in [-0.15, -0.1) is 0 Å². The Morgan fingerprint density at radius 2 is 2.10 bits per heavy atom. The zero-order chi connectivity index (χ0) is 15.5. The van der Waals surface area contributed by atoms with Crippen LogP contribution in [0.5, 0.6) is 0 Å². The lowest BCUT2D eigenvalue weighted by atomic mass is 10.2. The Labute approximate surface area is 130 Å². The van der Waals surface area contributed by atoms with E-state index in [-0.39, 0.29) is 29.1 Å². The van der Waals surface area contributed by atoms with Gasteiger partial charge in [-0.1, -0.05) is 19.8 Å². The van der Waals surface area contributed by atoms with Crippen molar-refractivity contribution in [3.63, 3.8) is 0 Å². The second-order valence-corrected chi connectivity index (χ2v) is 8.17. The van der Waals surface area contributed by atoms with Crippen molar-refractivity contribution in [1.82, 2.24) is 4.37 Å². The third-order valence-corrected chi connectivity index (χ3v) is 6.81. The number of aliphatic hydroxyl groups excluding tert-OH is 1. The normalized spacial score (nSPS) is 16.5. The Bertz CT molecular complexity index is 565. The molecule has 21 heavy (non-hydrogen) atoms. The summed E-state index contributed by atoms with van der Waals surface area (Å²) >= 11 is 1.12. The van der Waals surface area contributed by atoms with E-state index >= 15 is 0 Å². The van der Waals surface area contributed by atoms with E-state index in [1.54, 1.807) is 0 Å². The molecule has 0 atom stereocenters. The predicted molar refractivity (Wildman–Crippen MR) is 85.6 cm³/mol. The minimum Gasteiger partial charge on any atom is -0.395 e. The first-order chi connectivity index (χ1) is 10.0. The third-order valence-electron chi connectivity index (χ3n) is 3.81. The first-order valence-electron chi connectivity index (χ1n) is 7.36. The van der Waals surface area contributed by atoms with Gasteiger partial charge in [0.05, 0.1) is 12.4 Å². The molecule has 0 spiro atoms. The molecule has 0 radical (unpaired) electrons. The number of sulfone groups is 1. The van der Waals surface area contributed by atoms with Crippen LogP contribution in [0.15, 0.2) is 4.90 Å². The van der Waals surface area contributed by atoms with E-state index in [9.17, 15) is 13.5 Å². The van der Waals surface area contributed by atoms with Gasteiger partial charge in [0.1, 0.15) is 9.90 Å². The number of anilines is 2. The molecule has 1 aromatic rings. The van der Waals surface area contributed by atoms with Crippen molar-refractivity contribution < 1.29 is 13.5 Å². The maximum Gasteiger partial charge on any atom is 0.185 e. The molecule has 120 valence electrons. The molecule has 0 aromatic carbocycles. The highest BCUT2D eigenvalue weighted by Gasteiger charge is 2.32. The molecule has 1 heterocycles. The zero-order valence-electron chi connectivity index (χ0n) is 12.3. The molecule has 6 nitrogen and oxygen atoms in total. The Hall–Kier alpha value is -0.860. The zero-order valence-corrected chi connectivity index (χ0v) is 13.9. The fourth-order valence-corrected chi connectivity index (χ4v) is 5.75. The maximum atomic E-state index is 12.5. The molecule has 1 aliphatic carbocycles. The summed E-state index contributed by atoms with van der Waals surface area (Å²) in [4.78, 5) is 2.15. The van der Waals surface area contributed by atoms with Crippen molar-refractivity contribution in [1.29, 1.82) is 0 Å². The lowest BCUT2D eigenvalue weighted by molar-refractivity contribution is 0.297. The molecule has 0 bridgehead atoms. The molecule has 0 saturated heterocycles. The summed E-state index contributed by atoms with van der Waals surface area (Å²) in [7, 11) is -3.42. The Morgan fingerprint density at radius 3 is 2.67 bits per heavy atom. The van der Waals surface area contributed by atoms with Gasteiger partial charge in [0.15, 0.2) is 15.7 Å². The quantitative estimate of drug-likeness (QED) is 0.787. The molecular formula is C13H23N3O3S2. The molecule has 3 N–H and O–H groups in total. The number of rotatable bonds is 7. The summed E-state index contributed by atoms with van der Waals surface area (Å²) in [6.45, 7) is 2.23. The maximum absolute atomic E-state index is 12.5. The highest BCUT2D eigenvalue weighted by atomic mass is 32.2. The number of nitrogens with two attached hydrogens (primary N) is 1. The highest BCUT2D eigenvalue weighted by Crippen LogP contribution is 2.39.